The molecule has 1 aliphatic rings. The van der Waals surface area contributed by atoms with Crippen molar-refractivity contribution in [3.05, 3.63) is 76.9 Å². The highest BCUT2D eigenvalue weighted by atomic mass is 19.1. The molecule has 84 valence electrons. The Hall–Kier alpha value is -1.96. The van der Waals surface area contributed by atoms with Gasteiger partial charge in [0.1, 0.15) is 11.6 Å². The van der Waals surface area contributed by atoms with Crippen molar-refractivity contribution in [1.82, 2.24) is 0 Å². The molecule has 1 aliphatic carbocycles. The lowest BCUT2D eigenvalue weighted by molar-refractivity contribution is 0.582. The van der Waals surface area contributed by atoms with Crippen LogP contribution in [0.4, 0.5) is 8.78 Å². The van der Waals surface area contributed by atoms with Crippen LogP contribution in [-0.4, -0.2) is 0 Å². The fourth-order valence-electron chi connectivity index (χ4n) is 2.27. The standard InChI is InChI=1S/C15H10F2/c16-12-7-11(8-13(17)9-12)15-6-5-10-3-1-2-4-14(10)15/h1-4,6-9H,5H2. The van der Waals surface area contributed by atoms with Gasteiger partial charge in [-0.15, -0.1) is 0 Å². The maximum atomic E-state index is 13.2. The molecule has 0 aromatic heterocycles. The molecule has 0 nitrogen and oxygen atoms in total. The first-order valence-electron chi connectivity index (χ1n) is 5.49. The SMILES string of the molecule is Fc1cc(F)cc(C2=CCc3ccccc32)c1. The van der Waals surface area contributed by atoms with Gasteiger partial charge in [0.25, 0.3) is 0 Å². The molecular weight excluding hydrogens is 218 g/mol. The molecule has 2 heteroatoms. The molecule has 3 rings (SSSR count). The van der Waals surface area contributed by atoms with E-state index in [9.17, 15) is 8.78 Å². The van der Waals surface area contributed by atoms with Gasteiger partial charge in [-0.1, -0.05) is 30.3 Å². The second-order valence-corrected chi connectivity index (χ2v) is 4.14. The van der Waals surface area contributed by atoms with Gasteiger partial charge in [-0.25, -0.2) is 8.78 Å². The molecule has 0 radical (unpaired) electrons. The number of fused-ring (bicyclic) bond motifs is 1. The minimum Gasteiger partial charge on any atom is -0.207 e. The fraction of sp³-hybridized carbons (Fsp3) is 0.0667. The molecule has 2 aromatic carbocycles. The van der Waals surface area contributed by atoms with Crippen LogP contribution in [0.3, 0.4) is 0 Å². The van der Waals surface area contributed by atoms with Crippen molar-refractivity contribution < 1.29 is 8.78 Å². The quantitative estimate of drug-likeness (QED) is 0.693. The van der Waals surface area contributed by atoms with Crippen LogP contribution in [0, 0.1) is 11.6 Å². The van der Waals surface area contributed by atoms with Gasteiger partial charge in [-0.2, -0.15) is 0 Å². The zero-order valence-electron chi connectivity index (χ0n) is 9.08. The van der Waals surface area contributed by atoms with Crippen molar-refractivity contribution in [3.63, 3.8) is 0 Å². The average molecular weight is 228 g/mol. The number of hydrogen-bond acceptors (Lipinski definition) is 0. The van der Waals surface area contributed by atoms with E-state index in [0.717, 1.165) is 23.6 Å². The van der Waals surface area contributed by atoms with Gasteiger partial charge >= 0.3 is 0 Å². The van der Waals surface area contributed by atoms with Gasteiger partial charge in [-0.3, -0.25) is 0 Å². The molecule has 0 saturated carbocycles. The Morgan fingerprint density at radius 2 is 1.59 bits per heavy atom. The summed E-state index contributed by atoms with van der Waals surface area (Å²) in [4.78, 5) is 0. The predicted octanol–water partition coefficient (Wildman–Crippen LogP) is 3.95. The van der Waals surface area contributed by atoms with Gasteiger partial charge in [0.15, 0.2) is 0 Å². The van der Waals surface area contributed by atoms with Crippen LogP contribution < -0.4 is 0 Å². The van der Waals surface area contributed by atoms with Gasteiger partial charge < -0.3 is 0 Å². The van der Waals surface area contributed by atoms with E-state index in [1.165, 1.54) is 17.7 Å². The Kier molecular flexibility index (Phi) is 2.29. The Morgan fingerprint density at radius 1 is 0.882 bits per heavy atom. The largest absolute Gasteiger partial charge is 0.207 e. The van der Waals surface area contributed by atoms with E-state index in [0.29, 0.717) is 5.56 Å². The van der Waals surface area contributed by atoms with E-state index in [4.69, 9.17) is 0 Å². The number of allylic oxidation sites excluding steroid dienone is 1. The number of rotatable bonds is 1. The number of benzene rings is 2. The molecule has 0 aliphatic heterocycles. The van der Waals surface area contributed by atoms with Crippen LogP contribution in [0.15, 0.2) is 48.5 Å². The summed E-state index contributed by atoms with van der Waals surface area (Å²) in [7, 11) is 0. The molecule has 17 heavy (non-hydrogen) atoms. The molecular formula is C15H10F2. The van der Waals surface area contributed by atoms with Gasteiger partial charge in [-0.05, 0) is 40.8 Å². The van der Waals surface area contributed by atoms with E-state index in [1.807, 2.05) is 30.3 Å². The normalized spacial score (nSPS) is 13.4. The Morgan fingerprint density at radius 3 is 2.35 bits per heavy atom. The van der Waals surface area contributed by atoms with E-state index in [2.05, 4.69) is 0 Å². The Balaban J connectivity index is 2.12. The monoisotopic (exact) mass is 228 g/mol. The molecule has 2 aromatic rings. The number of halogens is 2. The van der Waals surface area contributed by atoms with Crippen LogP contribution in [0.1, 0.15) is 16.7 Å². The van der Waals surface area contributed by atoms with E-state index in [-0.39, 0.29) is 0 Å². The topological polar surface area (TPSA) is 0 Å². The highest BCUT2D eigenvalue weighted by Crippen LogP contribution is 2.32. The van der Waals surface area contributed by atoms with Crippen LogP contribution in [0.5, 0.6) is 0 Å². The predicted molar refractivity (Wildman–Crippen MR) is 63.6 cm³/mol. The highest BCUT2D eigenvalue weighted by Gasteiger charge is 2.15. The minimum atomic E-state index is -0.537. The van der Waals surface area contributed by atoms with Crippen LogP contribution in [0.25, 0.3) is 5.57 Å². The van der Waals surface area contributed by atoms with Crippen molar-refractivity contribution >= 4 is 5.57 Å². The zero-order chi connectivity index (χ0) is 11.8. The molecule has 0 saturated heterocycles. The first-order valence-corrected chi connectivity index (χ1v) is 5.49. The number of hydrogen-bond donors (Lipinski definition) is 0. The van der Waals surface area contributed by atoms with Crippen LogP contribution in [0.2, 0.25) is 0 Å². The van der Waals surface area contributed by atoms with Crippen molar-refractivity contribution in [2.45, 2.75) is 6.42 Å². The molecule has 0 bridgehead atoms. The summed E-state index contributed by atoms with van der Waals surface area (Å²) in [6, 6.07) is 11.6. The minimum absolute atomic E-state index is 0.537. The van der Waals surface area contributed by atoms with Crippen LogP contribution in [-0.2, 0) is 6.42 Å². The molecule has 0 heterocycles. The van der Waals surface area contributed by atoms with Gasteiger partial charge in [0.2, 0.25) is 0 Å². The molecule has 0 fully saturated rings. The molecule has 0 atom stereocenters. The maximum absolute atomic E-state index is 13.2. The van der Waals surface area contributed by atoms with E-state index < -0.39 is 11.6 Å². The van der Waals surface area contributed by atoms with Crippen LogP contribution >= 0.6 is 0 Å². The fourth-order valence-corrected chi connectivity index (χ4v) is 2.27. The summed E-state index contributed by atoms with van der Waals surface area (Å²) >= 11 is 0. The Labute approximate surface area is 98.2 Å². The first kappa shape index (κ1) is 10.2. The van der Waals surface area contributed by atoms with E-state index >= 15 is 0 Å². The molecule has 0 N–H and O–H groups in total. The Bertz CT molecular complexity index is 592. The van der Waals surface area contributed by atoms with E-state index in [1.54, 1.807) is 0 Å². The van der Waals surface area contributed by atoms with Gasteiger partial charge in [0.05, 0.1) is 0 Å². The highest BCUT2D eigenvalue weighted by molar-refractivity contribution is 5.84. The molecule has 0 amide bonds. The third-order valence-electron chi connectivity index (χ3n) is 3.01. The second-order valence-electron chi connectivity index (χ2n) is 4.14. The summed E-state index contributed by atoms with van der Waals surface area (Å²) in [6.45, 7) is 0. The van der Waals surface area contributed by atoms with Gasteiger partial charge in [0, 0.05) is 6.07 Å². The summed E-state index contributed by atoms with van der Waals surface area (Å²) in [5, 5.41) is 0. The maximum Gasteiger partial charge on any atom is 0.126 e. The summed E-state index contributed by atoms with van der Waals surface area (Å²) in [5.74, 6) is -1.07. The summed E-state index contributed by atoms with van der Waals surface area (Å²) < 4.78 is 26.4. The third kappa shape index (κ3) is 1.76. The smallest absolute Gasteiger partial charge is 0.126 e. The van der Waals surface area contributed by atoms with Crippen molar-refractivity contribution in [2.75, 3.05) is 0 Å². The summed E-state index contributed by atoms with van der Waals surface area (Å²) in [5.41, 5.74) is 3.79. The van der Waals surface area contributed by atoms with Crippen molar-refractivity contribution in [2.24, 2.45) is 0 Å². The van der Waals surface area contributed by atoms with Crippen molar-refractivity contribution in [3.8, 4) is 0 Å². The zero-order valence-corrected chi connectivity index (χ0v) is 9.08. The first-order chi connectivity index (χ1) is 8.24. The molecule has 0 spiro atoms. The average Bonchev–Trinajstić information content (AvgIpc) is 2.71. The summed E-state index contributed by atoms with van der Waals surface area (Å²) in [6.07, 6.45) is 2.84. The third-order valence-corrected chi connectivity index (χ3v) is 3.01. The lowest BCUT2D eigenvalue weighted by Crippen LogP contribution is -1.89. The lowest BCUT2D eigenvalue weighted by atomic mass is 9.99. The van der Waals surface area contributed by atoms with Crippen molar-refractivity contribution in [1.29, 1.82) is 0 Å². The lowest BCUT2D eigenvalue weighted by Gasteiger charge is -2.06. The second kappa shape index (κ2) is 3.81. The molecule has 0 unspecified atom stereocenters.